The lowest BCUT2D eigenvalue weighted by Crippen LogP contribution is -2.02. The molecular weight excluding hydrogens is 234 g/mol. The zero-order chi connectivity index (χ0) is 13.1. The average molecular weight is 249 g/mol. The molecule has 0 aliphatic carbocycles. The standard InChI is InChI=1S/C16H15N3/c1-12-7-9-17-10-13(12)11-19-16-6-2-5-15-14(16)4-3-8-18-15/h2-10,19H,11H2,1H3. The third-order valence-electron chi connectivity index (χ3n) is 3.26. The largest absolute Gasteiger partial charge is 0.380 e. The van der Waals surface area contributed by atoms with Crippen LogP contribution < -0.4 is 5.32 Å². The molecule has 3 nitrogen and oxygen atoms in total. The predicted molar refractivity (Wildman–Crippen MR) is 78.0 cm³/mol. The predicted octanol–water partition coefficient (Wildman–Crippen LogP) is 3.55. The second-order valence-corrected chi connectivity index (χ2v) is 4.53. The third kappa shape index (κ3) is 2.40. The van der Waals surface area contributed by atoms with Gasteiger partial charge in [0.25, 0.3) is 0 Å². The Morgan fingerprint density at radius 1 is 1.05 bits per heavy atom. The Hall–Kier alpha value is -2.42. The number of aromatic nitrogens is 2. The van der Waals surface area contributed by atoms with Crippen LogP contribution in [0.1, 0.15) is 11.1 Å². The highest BCUT2D eigenvalue weighted by Crippen LogP contribution is 2.22. The second kappa shape index (κ2) is 5.06. The number of nitrogens with one attached hydrogen (secondary N) is 1. The Morgan fingerprint density at radius 2 is 2.00 bits per heavy atom. The summed E-state index contributed by atoms with van der Waals surface area (Å²) < 4.78 is 0. The fraction of sp³-hybridized carbons (Fsp3) is 0.125. The van der Waals surface area contributed by atoms with E-state index < -0.39 is 0 Å². The quantitative estimate of drug-likeness (QED) is 0.771. The maximum absolute atomic E-state index is 4.36. The highest BCUT2D eigenvalue weighted by molar-refractivity contribution is 5.91. The van der Waals surface area contributed by atoms with E-state index in [-0.39, 0.29) is 0 Å². The monoisotopic (exact) mass is 249 g/mol. The smallest absolute Gasteiger partial charge is 0.0722 e. The summed E-state index contributed by atoms with van der Waals surface area (Å²) in [5.74, 6) is 0. The van der Waals surface area contributed by atoms with Crippen LogP contribution in [0.25, 0.3) is 10.9 Å². The number of hydrogen-bond donors (Lipinski definition) is 1. The van der Waals surface area contributed by atoms with E-state index in [0.29, 0.717) is 0 Å². The van der Waals surface area contributed by atoms with Crippen LogP contribution >= 0.6 is 0 Å². The SMILES string of the molecule is Cc1ccncc1CNc1cccc2ncccc12. The molecule has 0 atom stereocenters. The first-order valence-electron chi connectivity index (χ1n) is 6.32. The minimum atomic E-state index is 0.772. The van der Waals surface area contributed by atoms with Gasteiger partial charge >= 0.3 is 0 Å². The number of rotatable bonds is 3. The van der Waals surface area contributed by atoms with E-state index in [1.165, 1.54) is 11.1 Å². The van der Waals surface area contributed by atoms with Crippen LogP contribution in [-0.4, -0.2) is 9.97 Å². The van der Waals surface area contributed by atoms with E-state index >= 15 is 0 Å². The molecule has 3 heteroatoms. The summed E-state index contributed by atoms with van der Waals surface area (Å²) in [6.07, 6.45) is 5.55. The molecule has 0 saturated carbocycles. The maximum Gasteiger partial charge on any atom is 0.0722 e. The van der Waals surface area contributed by atoms with Crippen molar-refractivity contribution in [2.75, 3.05) is 5.32 Å². The maximum atomic E-state index is 4.36. The van der Waals surface area contributed by atoms with Crippen LogP contribution in [0.15, 0.2) is 55.0 Å². The van der Waals surface area contributed by atoms with Crippen molar-refractivity contribution in [1.82, 2.24) is 9.97 Å². The summed E-state index contributed by atoms with van der Waals surface area (Å²) in [6, 6.07) is 12.2. The minimum absolute atomic E-state index is 0.772. The normalized spacial score (nSPS) is 10.6. The van der Waals surface area contributed by atoms with Crippen molar-refractivity contribution in [3.8, 4) is 0 Å². The lowest BCUT2D eigenvalue weighted by Gasteiger charge is -2.10. The van der Waals surface area contributed by atoms with E-state index in [0.717, 1.165) is 23.1 Å². The molecule has 0 aliphatic heterocycles. The summed E-state index contributed by atoms with van der Waals surface area (Å²) in [4.78, 5) is 8.53. The molecule has 0 radical (unpaired) electrons. The van der Waals surface area contributed by atoms with Crippen molar-refractivity contribution in [3.63, 3.8) is 0 Å². The summed E-state index contributed by atoms with van der Waals surface area (Å²) in [7, 11) is 0. The second-order valence-electron chi connectivity index (χ2n) is 4.53. The van der Waals surface area contributed by atoms with E-state index in [2.05, 4.69) is 34.3 Å². The van der Waals surface area contributed by atoms with Crippen molar-refractivity contribution in [2.45, 2.75) is 13.5 Å². The fourth-order valence-electron chi connectivity index (χ4n) is 2.13. The van der Waals surface area contributed by atoms with Crippen LogP contribution in [0.5, 0.6) is 0 Å². The highest BCUT2D eigenvalue weighted by Gasteiger charge is 2.02. The minimum Gasteiger partial charge on any atom is -0.380 e. The summed E-state index contributed by atoms with van der Waals surface area (Å²) in [5, 5.41) is 4.61. The number of hydrogen-bond acceptors (Lipinski definition) is 3. The summed E-state index contributed by atoms with van der Waals surface area (Å²) in [5.41, 5.74) is 4.58. The van der Waals surface area contributed by atoms with Gasteiger partial charge in [0.1, 0.15) is 0 Å². The van der Waals surface area contributed by atoms with E-state index in [9.17, 15) is 0 Å². The van der Waals surface area contributed by atoms with Gasteiger partial charge in [-0.25, -0.2) is 0 Å². The highest BCUT2D eigenvalue weighted by atomic mass is 14.9. The van der Waals surface area contributed by atoms with Crippen LogP contribution in [0.4, 0.5) is 5.69 Å². The van der Waals surface area contributed by atoms with E-state index in [1.807, 2.05) is 42.9 Å². The molecule has 3 aromatic rings. The lowest BCUT2D eigenvalue weighted by molar-refractivity contribution is 1.08. The third-order valence-corrected chi connectivity index (χ3v) is 3.26. The topological polar surface area (TPSA) is 37.8 Å². The molecular formula is C16H15N3. The van der Waals surface area contributed by atoms with Crippen molar-refractivity contribution in [1.29, 1.82) is 0 Å². The molecule has 0 spiro atoms. The Morgan fingerprint density at radius 3 is 2.89 bits per heavy atom. The number of benzene rings is 1. The van der Waals surface area contributed by atoms with Crippen LogP contribution in [0.2, 0.25) is 0 Å². The molecule has 1 aromatic carbocycles. The molecule has 0 amide bonds. The van der Waals surface area contributed by atoms with Gasteiger partial charge in [0.05, 0.1) is 5.52 Å². The number of pyridine rings is 2. The van der Waals surface area contributed by atoms with Gasteiger partial charge in [0, 0.05) is 36.2 Å². The average Bonchev–Trinajstić information content (AvgIpc) is 2.46. The summed E-state index contributed by atoms with van der Waals surface area (Å²) in [6.45, 7) is 2.87. The molecule has 0 unspecified atom stereocenters. The van der Waals surface area contributed by atoms with Crippen LogP contribution in [-0.2, 0) is 6.54 Å². The molecule has 2 aromatic heterocycles. The van der Waals surface area contributed by atoms with Crippen molar-refractivity contribution >= 4 is 16.6 Å². The Labute approximate surface area is 112 Å². The molecule has 19 heavy (non-hydrogen) atoms. The van der Waals surface area contributed by atoms with Gasteiger partial charge in [-0.05, 0) is 48.4 Å². The Kier molecular flexibility index (Phi) is 3.11. The Bertz CT molecular complexity index is 702. The van der Waals surface area contributed by atoms with Crippen molar-refractivity contribution in [3.05, 3.63) is 66.1 Å². The van der Waals surface area contributed by atoms with Gasteiger partial charge in [-0.2, -0.15) is 0 Å². The van der Waals surface area contributed by atoms with Crippen molar-refractivity contribution < 1.29 is 0 Å². The number of fused-ring (bicyclic) bond motifs is 1. The zero-order valence-corrected chi connectivity index (χ0v) is 10.8. The van der Waals surface area contributed by atoms with E-state index in [4.69, 9.17) is 0 Å². The molecule has 1 N–H and O–H groups in total. The van der Waals surface area contributed by atoms with Crippen LogP contribution in [0.3, 0.4) is 0 Å². The molecule has 0 aliphatic rings. The van der Waals surface area contributed by atoms with Crippen LogP contribution in [0, 0.1) is 6.92 Å². The fourth-order valence-corrected chi connectivity index (χ4v) is 2.13. The van der Waals surface area contributed by atoms with Gasteiger partial charge in [0.15, 0.2) is 0 Å². The zero-order valence-electron chi connectivity index (χ0n) is 10.8. The van der Waals surface area contributed by atoms with Gasteiger partial charge in [-0.1, -0.05) is 6.07 Å². The molecule has 3 rings (SSSR count). The first kappa shape index (κ1) is 11.7. The lowest BCUT2D eigenvalue weighted by atomic mass is 10.1. The van der Waals surface area contributed by atoms with Gasteiger partial charge in [0.2, 0.25) is 0 Å². The molecule has 0 bridgehead atoms. The number of aryl methyl sites for hydroxylation is 1. The molecule has 0 saturated heterocycles. The number of anilines is 1. The first-order chi connectivity index (χ1) is 9.34. The van der Waals surface area contributed by atoms with Gasteiger partial charge in [-0.3, -0.25) is 9.97 Å². The summed E-state index contributed by atoms with van der Waals surface area (Å²) >= 11 is 0. The first-order valence-corrected chi connectivity index (χ1v) is 6.32. The molecule has 2 heterocycles. The van der Waals surface area contributed by atoms with Gasteiger partial charge in [-0.15, -0.1) is 0 Å². The van der Waals surface area contributed by atoms with E-state index in [1.54, 1.807) is 0 Å². The molecule has 94 valence electrons. The van der Waals surface area contributed by atoms with Gasteiger partial charge < -0.3 is 5.32 Å². The number of nitrogens with zero attached hydrogens (tertiary/aromatic N) is 2. The Balaban J connectivity index is 1.88. The molecule has 0 fully saturated rings. The van der Waals surface area contributed by atoms with Crippen molar-refractivity contribution in [2.24, 2.45) is 0 Å².